The number of nitrogens with zero attached hydrogens (tertiary/aromatic N) is 3. The standard InChI is InChI=1S/C35H23N3S/c1-5-13-29-23(9-1)24-10-2-6-14-30(24)37(29)22-17-18-33-28(21-22)27-19-20-36-35(34(27)39-33)38-31-15-7-3-11-25(31)26-12-4-8-16-32(26)38/h1-16,19-21H,17-18H2. The van der Waals surface area contributed by atoms with Crippen molar-refractivity contribution < 1.29 is 0 Å². The maximum atomic E-state index is 4.99. The van der Waals surface area contributed by atoms with E-state index in [1.165, 1.54) is 69.8 Å². The molecule has 1 aliphatic rings. The molecule has 4 heterocycles. The lowest BCUT2D eigenvalue weighted by molar-refractivity contribution is 0.968. The minimum atomic E-state index is 1.01. The molecule has 184 valence electrons. The molecule has 0 unspecified atom stereocenters. The number of hydrogen-bond acceptors (Lipinski definition) is 2. The second-order valence-corrected chi connectivity index (χ2v) is 11.4. The Morgan fingerprint density at radius 3 is 1.62 bits per heavy atom. The van der Waals surface area contributed by atoms with E-state index in [1.807, 2.05) is 17.5 Å². The van der Waals surface area contributed by atoms with Gasteiger partial charge in [-0.25, -0.2) is 4.98 Å². The van der Waals surface area contributed by atoms with Gasteiger partial charge in [-0.3, -0.25) is 4.57 Å². The average molecular weight is 518 g/mol. The third kappa shape index (κ3) is 2.89. The molecule has 0 aliphatic heterocycles. The lowest BCUT2D eigenvalue weighted by Gasteiger charge is -2.17. The topological polar surface area (TPSA) is 22.8 Å². The number of pyridine rings is 1. The van der Waals surface area contributed by atoms with Crippen molar-refractivity contribution in [3.8, 4) is 5.82 Å². The monoisotopic (exact) mass is 517 g/mol. The van der Waals surface area contributed by atoms with Gasteiger partial charge in [-0.05, 0) is 54.8 Å². The predicted molar refractivity (Wildman–Crippen MR) is 166 cm³/mol. The van der Waals surface area contributed by atoms with E-state index in [9.17, 15) is 0 Å². The molecular formula is C35H23N3S. The number of aromatic nitrogens is 3. The third-order valence-corrected chi connectivity index (χ3v) is 9.56. The fraction of sp³-hybridized carbons (Fsp3) is 0.0571. The number of para-hydroxylation sites is 4. The lowest BCUT2D eigenvalue weighted by atomic mass is 10.0. The first-order valence-corrected chi connectivity index (χ1v) is 14.3. The number of aryl methyl sites for hydroxylation is 1. The van der Waals surface area contributed by atoms with E-state index in [0.29, 0.717) is 0 Å². The number of allylic oxidation sites excluding steroid dienone is 1. The summed E-state index contributed by atoms with van der Waals surface area (Å²) in [4.78, 5) is 6.44. The molecule has 0 spiro atoms. The van der Waals surface area contributed by atoms with E-state index < -0.39 is 0 Å². The van der Waals surface area contributed by atoms with Gasteiger partial charge < -0.3 is 4.57 Å². The van der Waals surface area contributed by atoms with E-state index in [2.05, 4.69) is 118 Å². The fourth-order valence-electron chi connectivity index (χ4n) is 6.62. The molecule has 0 bridgehead atoms. The van der Waals surface area contributed by atoms with Crippen LogP contribution in [0.1, 0.15) is 16.9 Å². The number of thiophene rings is 1. The molecule has 0 saturated carbocycles. The first-order valence-electron chi connectivity index (χ1n) is 13.4. The molecule has 1 aliphatic carbocycles. The summed E-state index contributed by atoms with van der Waals surface area (Å²) in [5.41, 5.74) is 7.66. The normalized spacial score (nSPS) is 13.6. The molecule has 8 aromatic rings. The predicted octanol–water partition coefficient (Wildman–Crippen LogP) is 9.45. The quantitative estimate of drug-likeness (QED) is 0.224. The van der Waals surface area contributed by atoms with Crippen molar-refractivity contribution in [1.29, 1.82) is 0 Å². The third-order valence-electron chi connectivity index (χ3n) is 8.28. The van der Waals surface area contributed by atoms with Crippen molar-refractivity contribution in [2.75, 3.05) is 0 Å². The molecule has 0 fully saturated rings. The molecule has 0 radical (unpaired) electrons. The van der Waals surface area contributed by atoms with Gasteiger partial charge in [0.2, 0.25) is 0 Å². The van der Waals surface area contributed by atoms with Gasteiger partial charge in [-0.15, -0.1) is 11.3 Å². The fourth-order valence-corrected chi connectivity index (χ4v) is 7.87. The van der Waals surface area contributed by atoms with Crippen molar-refractivity contribution in [3.63, 3.8) is 0 Å². The summed E-state index contributed by atoms with van der Waals surface area (Å²) < 4.78 is 6.09. The second-order valence-electron chi connectivity index (χ2n) is 10.3. The van der Waals surface area contributed by atoms with Crippen molar-refractivity contribution in [2.45, 2.75) is 12.8 Å². The highest BCUT2D eigenvalue weighted by Gasteiger charge is 2.23. The molecule has 0 saturated heterocycles. The maximum Gasteiger partial charge on any atom is 0.155 e. The van der Waals surface area contributed by atoms with Gasteiger partial charge in [-0.1, -0.05) is 72.8 Å². The van der Waals surface area contributed by atoms with E-state index in [-0.39, 0.29) is 0 Å². The van der Waals surface area contributed by atoms with Gasteiger partial charge in [-0.2, -0.15) is 0 Å². The maximum absolute atomic E-state index is 4.99. The largest absolute Gasteiger partial charge is 0.313 e. The molecule has 39 heavy (non-hydrogen) atoms. The van der Waals surface area contributed by atoms with Crippen LogP contribution < -0.4 is 0 Å². The highest BCUT2D eigenvalue weighted by Crippen LogP contribution is 2.43. The first kappa shape index (κ1) is 21.3. The Kier molecular flexibility index (Phi) is 4.32. The molecule has 4 aromatic heterocycles. The Labute approximate surface area is 228 Å². The van der Waals surface area contributed by atoms with Crippen LogP contribution in [0.2, 0.25) is 0 Å². The summed E-state index contributed by atoms with van der Waals surface area (Å²) in [6.07, 6.45) is 6.47. The van der Waals surface area contributed by atoms with E-state index in [4.69, 9.17) is 4.98 Å². The molecule has 3 nitrogen and oxygen atoms in total. The van der Waals surface area contributed by atoms with E-state index >= 15 is 0 Å². The molecule has 4 heteroatoms. The Morgan fingerprint density at radius 1 is 0.538 bits per heavy atom. The van der Waals surface area contributed by atoms with E-state index in [1.54, 1.807) is 0 Å². The summed E-state index contributed by atoms with van der Waals surface area (Å²) in [7, 11) is 0. The summed E-state index contributed by atoms with van der Waals surface area (Å²) >= 11 is 1.91. The zero-order valence-corrected chi connectivity index (χ0v) is 22.0. The molecular weight excluding hydrogens is 494 g/mol. The first-order chi connectivity index (χ1) is 19.4. The van der Waals surface area contributed by atoms with E-state index in [0.717, 1.165) is 18.7 Å². The summed E-state index contributed by atoms with van der Waals surface area (Å²) in [5, 5.41) is 6.45. The summed E-state index contributed by atoms with van der Waals surface area (Å²) in [6.45, 7) is 0. The number of fused-ring (bicyclic) bond motifs is 9. The second kappa shape index (κ2) is 7.92. The number of rotatable bonds is 2. The van der Waals surface area contributed by atoms with Gasteiger partial charge >= 0.3 is 0 Å². The smallest absolute Gasteiger partial charge is 0.155 e. The van der Waals surface area contributed by atoms with Crippen LogP contribution in [-0.2, 0) is 6.42 Å². The van der Waals surface area contributed by atoms with Crippen molar-refractivity contribution in [3.05, 3.63) is 120 Å². The van der Waals surface area contributed by atoms with Crippen LogP contribution in [0.25, 0.3) is 71.3 Å². The molecule has 0 N–H and O–H groups in total. The lowest BCUT2D eigenvalue weighted by Crippen LogP contribution is -2.03. The summed E-state index contributed by atoms with van der Waals surface area (Å²) in [6, 6.07) is 37.1. The van der Waals surface area contributed by atoms with Crippen molar-refractivity contribution >= 4 is 76.8 Å². The molecule has 0 atom stereocenters. The zero-order chi connectivity index (χ0) is 25.5. The SMILES string of the molecule is C1=C(n2c3ccccc3c3ccccc32)CCc2sc3c(-n4c5ccccc5c5ccccc54)nccc3c21. The van der Waals surface area contributed by atoms with Crippen LogP contribution in [0.15, 0.2) is 109 Å². The van der Waals surface area contributed by atoms with Gasteiger partial charge in [0, 0.05) is 43.7 Å². The number of benzene rings is 4. The van der Waals surface area contributed by atoms with Crippen LogP contribution in [0.4, 0.5) is 0 Å². The van der Waals surface area contributed by atoms with Crippen LogP contribution in [-0.4, -0.2) is 14.1 Å². The minimum absolute atomic E-state index is 1.01. The van der Waals surface area contributed by atoms with Crippen LogP contribution in [0.5, 0.6) is 0 Å². The highest BCUT2D eigenvalue weighted by atomic mass is 32.1. The average Bonchev–Trinajstić information content (AvgIpc) is 3.65. The number of hydrogen-bond donors (Lipinski definition) is 0. The molecule has 4 aromatic carbocycles. The summed E-state index contributed by atoms with van der Waals surface area (Å²) in [5.74, 6) is 1.02. The Bertz CT molecular complexity index is 2190. The van der Waals surface area contributed by atoms with Crippen LogP contribution >= 0.6 is 11.3 Å². The Hall–Kier alpha value is -4.67. The minimum Gasteiger partial charge on any atom is -0.313 e. The van der Waals surface area contributed by atoms with Gasteiger partial charge in [0.15, 0.2) is 5.82 Å². The molecule has 0 amide bonds. The van der Waals surface area contributed by atoms with Crippen molar-refractivity contribution in [1.82, 2.24) is 14.1 Å². The highest BCUT2D eigenvalue weighted by molar-refractivity contribution is 7.19. The zero-order valence-electron chi connectivity index (χ0n) is 21.1. The van der Waals surface area contributed by atoms with Gasteiger partial charge in [0.1, 0.15) is 0 Å². The van der Waals surface area contributed by atoms with Gasteiger partial charge in [0.05, 0.1) is 26.8 Å². The van der Waals surface area contributed by atoms with Crippen molar-refractivity contribution in [2.24, 2.45) is 0 Å². The van der Waals surface area contributed by atoms with Gasteiger partial charge in [0.25, 0.3) is 0 Å². The van der Waals surface area contributed by atoms with Crippen LogP contribution in [0.3, 0.4) is 0 Å². The Morgan fingerprint density at radius 2 is 1.05 bits per heavy atom. The Balaban J connectivity index is 1.31. The molecule has 9 rings (SSSR count). The van der Waals surface area contributed by atoms with Crippen LogP contribution in [0, 0.1) is 0 Å².